The van der Waals surface area contributed by atoms with E-state index in [1.54, 1.807) is 0 Å². The molecule has 0 amide bonds. The molecule has 2 rings (SSSR count). The summed E-state index contributed by atoms with van der Waals surface area (Å²) >= 11 is 0. The second-order valence-electron chi connectivity index (χ2n) is 10.5. The van der Waals surface area contributed by atoms with Gasteiger partial charge in [0.25, 0.3) is 0 Å². The van der Waals surface area contributed by atoms with Crippen molar-refractivity contribution in [3.05, 3.63) is 53.6 Å². The molecule has 0 N–H and O–H groups in total. The number of hydrogen-bond acceptors (Lipinski definition) is 3. The van der Waals surface area contributed by atoms with E-state index in [-0.39, 0.29) is 16.8 Å². The molecule has 158 valence electrons. The molecule has 0 aliphatic rings. The summed E-state index contributed by atoms with van der Waals surface area (Å²) in [6, 6.07) is 14.7. The van der Waals surface area contributed by atoms with Crippen molar-refractivity contribution in [1.29, 1.82) is 0 Å². The van der Waals surface area contributed by atoms with Crippen LogP contribution in [0, 0.1) is 0 Å². The largest absolute Gasteiger partial charge is 0.497 e. The summed E-state index contributed by atoms with van der Waals surface area (Å²) < 4.78 is 12.1. The Labute approximate surface area is 177 Å². The Morgan fingerprint density at radius 1 is 0.897 bits per heavy atom. The normalized spacial score (nSPS) is 12.6. The van der Waals surface area contributed by atoms with Gasteiger partial charge in [0.05, 0.1) is 6.23 Å². The van der Waals surface area contributed by atoms with Gasteiger partial charge in [0, 0.05) is 18.1 Å². The Bertz CT molecular complexity index is 821. The van der Waals surface area contributed by atoms with Gasteiger partial charge in [-0.2, -0.15) is 0 Å². The Morgan fingerprint density at radius 2 is 1.38 bits per heavy atom. The van der Waals surface area contributed by atoms with Crippen LogP contribution in [0.3, 0.4) is 0 Å². The summed E-state index contributed by atoms with van der Waals surface area (Å²) in [7, 11) is -1.74. The summed E-state index contributed by atoms with van der Waals surface area (Å²) in [5.41, 5.74) is 1.62. The molecule has 0 aliphatic carbocycles. The number of carbonyl (C=O) groups excluding carboxylic acids is 1. The van der Waals surface area contributed by atoms with E-state index in [4.69, 9.17) is 9.47 Å². The second-order valence-corrected chi connectivity index (χ2v) is 15.1. The molecule has 0 aliphatic heterocycles. The van der Waals surface area contributed by atoms with E-state index >= 15 is 0 Å². The molecular formula is C25H36O3Si. The number of esters is 1. The highest BCUT2D eigenvalue weighted by molar-refractivity contribution is 6.89. The first-order valence-corrected chi connectivity index (χ1v) is 13.5. The van der Waals surface area contributed by atoms with E-state index in [9.17, 15) is 4.79 Å². The van der Waals surface area contributed by atoms with Gasteiger partial charge in [0.15, 0.2) is 0 Å². The summed E-state index contributed by atoms with van der Waals surface area (Å²) in [4.78, 5) is 11.8. The van der Waals surface area contributed by atoms with Gasteiger partial charge in [-0.25, -0.2) is 0 Å². The zero-order valence-electron chi connectivity index (χ0n) is 19.5. The second kappa shape index (κ2) is 8.35. The van der Waals surface area contributed by atoms with Crippen LogP contribution in [0.5, 0.6) is 11.5 Å². The maximum atomic E-state index is 11.8. The van der Waals surface area contributed by atoms with Crippen LogP contribution in [0.25, 0.3) is 0 Å². The van der Waals surface area contributed by atoms with E-state index in [0.717, 1.165) is 16.9 Å². The molecule has 0 atom stereocenters. The first kappa shape index (κ1) is 23.2. The highest BCUT2D eigenvalue weighted by atomic mass is 28.3. The van der Waals surface area contributed by atoms with Gasteiger partial charge >= 0.3 is 5.97 Å². The lowest BCUT2D eigenvalue weighted by atomic mass is 9.79. The zero-order valence-corrected chi connectivity index (χ0v) is 20.5. The molecule has 0 saturated heterocycles. The molecule has 0 heterocycles. The molecule has 2 aromatic carbocycles. The molecule has 29 heavy (non-hydrogen) atoms. The number of carbonyl (C=O) groups is 1. The van der Waals surface area contributed by atoms with Crippen LogP contribution >= 0.6 is 0 Å². The van der Waals surface area contributed by atoms with E-state index in [2.05, 4.69) is 78.9 Å². The van der Waals surface area contributed by atoms with Crippen LogP contribution in [-0.2, 0) is 15.6 Å². The van der Waals surface area contributed by atoms with Crippen molar-refractivity contribution in [3.8, 4) is 11.5 Å². The summed E-state index contributed by atoms with van der Waals surface area (Å²) in [6.45, 7) is 18.9. The minimum absolute atomic E-state index is 0.184. The quantitative estimate of drug-likeness (QED) is 0.357. The predicted octanol–water partition coefficient (Wildman–Crippen LogP) is 5.74. The molecule has 0 fully saturated rings. The Balaban J connectivity index is 2.49. The van der Waals surface area contributed by atoms with Crippen molar-refractivity contribution in [2.24, 2.45) is 0 Å². The van der Waals surface area contributed by atoms with Gasteiger partial charge in [0.1, 0.15) is 19.6 Å². The fourth-order valence-electron chi connectivity index (χ4n) is 3.29. The van der Waals surface area contributed by atoms with Crippen LogP contribution < -0.4 is 14.7 Å². The van der Waals surface area contributed by atoms with Crippen molar-refractivity contribution >= 4 is 19.2 Å². The third-order valence-electron chi connectivity index (χ3n) is 5.08. The summed E-state index contributed by atoms with van der Waals surface area (Å²) in [6.07, 6.45) is 0.692. The van der Waals surface area contributed by atoms with Crippen molar-refractivity contribution in [2.75, 3.05) is 6.23 Å². The van der Waals surface area contributed by atoms with Gasteiger partial charge in [-0.3, -0.25) is 4.79 Å². The molecule has 0 saturated carbocycles. The predicted molar refractivity (Wildman–Crippen MR) is 124 cm³/mol. The minimum Gasteiger partial charge on any atom is -0.497 e. The van der Waals surface area contributed by atoms with Crippen molar-refractivity contribution in [2.45, 2.75) is 72.4 Å². The molecule has 0 unspecified atom stereocenters. The number of benzene rings is 2. The Hall–Kier alpha value is -2.07. The lowest BCUT2D eigenvalue weighted by Gasteiger charge is -2.30. The van der Waals surface area contributed by atoms with Gasteiger partial charge < -0.3 is 9.47 Å². The molecule has 0 spiro atoms. The third-order valence-corrected chi connectivity index (χ3v) is 7.84. The molecule has 0 aromatic heterocycles. The average Bonchev–Trinajstić information content (AvgIpc) is 2.59. The summed E-state index contributed by atoms with van der Waals surface area (Å²) in [5.74, 6) is 1.21. The third kappa shape index (κ3) is 5.95. The maximum absolute atomic E-state index is 11.8. The highest BCUT2D eigenvalue weighted by Crippen LogP contribution is 2.42. The van der Waals surface area contributed by atoms with Crippen LogP contribution in [0.15, 0.2) is 42.5 Å². The van der Waals surface area contributed by atoms with Crippen LogP contribution in [-0.4, -0.2) is 20.3 Å². The molecule has 3 nitrogen and oxygen atoms in total. The number of hydrogen-bond donors (Lipinski definition) is 0. The molecule has 2 aromatic rings. The van der Waals surface area contributed by atoms with E-state index in [1.807, 2.05) is 18.2 Å². The Kier molecular flexibility index (Phi) is 6.68. The lowest BCUT2D eigenvalue weighted by Crippen LogP contribution is -2.47. The van der Waals surface area contributed by atoms with Gasteiger partial charge in [0.2, 0.25) is 0 Å². The Morgan fingerprint density at radius 3 is 1.79 bits per heavy atom. The smallest absolute Gasteiger partial charge is 0.308 e. The SMILES string of the molecule is CC(=O)Oc1c(C(C)(C)C)cc(OC[Si](C)(C)c2ccccc2)cc1C(C)(C)C. The van der Waals surface area contributed by atoms with Crippen LogP contribution in [0.4, 0.5) is 0 Å². The standard InChI is InChI=1S/C25H36O3Si/c1-18(26)28-23-21(24(2,3)4)15-19(16-22(23)25(5,6)7)27-17-29(8,9)20-13-11-10-12-14-20/h10-16H,17H2,1-9H3. The van der Waals surface area contributed by atoms with Crippen LogP contribution in [0.1, 0.15) is 59.6 Å². The average molecular weight is 413 g/mol. The van der Waals surface area contributed by atoms with Gasteiger partial charge in [-0.1, -0.05) is 90.2 Å². The molecule has 4 heteroatoms. The summed E-state index contributed by atoms with van der Waals surface area (Å²) in [5, 5.41) is 1.38. The van der Waals surface area contributed by atoms with Gasteiger partial charge in [-0.05, 0) is 23.0 Å². The lowest BCUT2D eigenvalue weighted by molar-refractivity contribution is -0.132. The van der Waals surface area contributed by atoms with E-state index in [0.29, 0.717) is 12.0 Å². The maximum Gasteiger partial charge on any atom is 0.308 e. The minimum atomic E-state index is -1.74. The number of ether oxygens (including phenoxy) is 2. The monoisotopic (exact) mass is 412 g/mol. The molecule has 0 bridgehead atoms. The van der Waals surface area contributed by atoms with Crippen LogP contribution in [0.2, 0.25) is 13.1 Å². The van der Waals surface area contributed by atoms with Crippen molar-refractivity contribution in [3.63, 3.8) is 0 Å². The first-order valence-electron chi connectivity index (χ1n) is 10.3. The van der Waals surface area contributed by atoms with E-state index in [1.165, 1.54) is 12.1 Å². The fraction of sp³-hybridized carbons (Fsp3) is 0.480. The first-order chi connectivity index (χ1) is 13.2. The van der Waals surface area contributed by atoms with Gasteiger partial charge in [-0.15, -0.1) is 0 Å². The molecular weight excluding hydrogens is 376 g/mol. The number of rotatable bonds is 5. The molecule has 0 radical (unpaired) electrons. The van der Waals surface area contributed by atoms with Crippen molar-refractivity contribution in [1.82, 2.24) is 0 Å². The fourth-order valence-corrected chi connectivity index (χ4v) is 5.08. The zero-order chi connectivity index (χ0) is 22.0. The highest BCUT2D eigenvalue weighted by Gasteiger charge is 2.30. The van der Waals surface area contributed by atoms with E-state index < -0.39 is 8.07 Å². The van der Waals surface area contributed by atoms with Crippen molar-refractivity contribution < 1.29 is 14.3 Å². The topological polar surface area (TPSA) is 35.5 Å².